The number of hydrogen-bond acceptors (Lipinski definition) is 6. The first-order chi connectivity index (χ1) is 15.0. The lowest BCUT2D eigenvalue weighted by atomic mass is 9.94. The van der Waals surface area contributed by atoms with E-state index in [9.17, 15) is 14.4 Å². The number of likely N-dealkylation sites (tertiary alicyclic amines) is 2. The van der Waals surface area contributed by atoms with Gasteiger partial charge in [0.05, 0.1) is 0 Å². The third-order valence-corrected chi connectivity index (χ3v) is 7.21. The smallest absolute Gasteiger partial charge is 0.255 e. The fourth-order valence-electron chi connectivity index (χ4n) is 5.41. The van der Waals surface area contributed by atoms with Crippen LogP contribution in [0.4, 0.5) is 0 Å². The highest BCUT2D eigenvalue weighted by Gasteiger charge is 2.39. The molecule has 3 fully saturated rings. The molecule has 1 atom stereocenters. The van der Waals surface area contributed by atoms with Crippen LogP contribution in [0.1, 0.15) is 47.2 Å². The number of nitrogens with zero attached hydrogens (tertiary/aromatic N) is 3. The van der Waals surface area contributed by atoms with Crippen LogP contribution in [-0.4, -0.2) is 77.2 Å². The molecule has 4 heterocycles. The number of carbonyl (C=O) groups is 3. The molecule has 0 spiro atoms. The summed E-state index contributed by atoms with van der Waals surface area (Å²) in [5, 5.41) is 2.36. The summed E-state index contributed by atoms with van der Waals surface area (Å²) in [5.74, 6) is 0.0378. The summed E-state index contributed by atoms with van der Waals surface area (Å²) in [7, 11) is 0. The van der Waals surface area contributed by atoms with Crippen LogP contribution in [0.15, 0.2) is 18.2 Å². The number of imide groups is 1. The number of fused-ring (bicyclic) bond motifs is 1. The first-order valence-electron chi connectivity index (χ1n) is 11.4. The molecule has 166 valence electrons. The van der Waals surface area contributed by atoms with Gasteiger partial charge in [0.15, 0.2) is 0 Å². The molecule has 3 N–H and O–H groups in total. The number of nitrogens with two attached hydrogens (primary N) is 1. The van der Waals surface area contributed by atoms with Crippen molar-refractivity contribution in [1.29, 1.82) is 0 Å². The molecule has 0 saturated carbocycles. The Bertz CT molecular complexity index is 889. The van der Waals surface area contributed by atoms with Gasteiger partial charge in [-0.2, -0.15) is 0 Å². The predicted octanol–water partition coefficient (Wildman–Crippen LogP) is 0.303. The number of piperidine rings is 2. The number of benzene rings is 1. The van der Waals surface area contributed by atoms with Crippen LogP contribution < -0.4 is 11.1 Å². The molecule has 0 aromatic heterocycles. The van der Waals surface area contributed by atoms with Crippen molar-refractivity contribution in [3.63, 3.8) is 0 Å². The monoisotopic (exact) mass is 425 g/mol. The van der Waals surface area contributed by atoms with Crippen molar-refractivity contribution in [2.24, 2.45) is 11.7 Å². The van der Waals surface area contributed by atoms with E-state index in [-0.39, 0.29) is 24.1 Å². The Labute approximate surface area is 182 Å². The summed E-state index contributed by atoms with van der Waals surface area (Å²) in [5.41, 5.74) is 8.69. The topological polar surface area (TPSA) is 99.0 Å². The summed E-state index contributed by atoms with van der Waals surface area (Å²) < 4.78 is 0. The summed E-state index contributed by atoms with van der Waals surface area (Å²) >= 11 is 0. The van der Waals surface area contributed by atoms with Crippen molar-refractivity contribution in [2.75, 3.05) is 32.7 Å². The van der Waals surface area contributed by atoms with Crippen molar-refractivity contribution in [3.05, 3.63) is 34.9 Å². The van der Waals surface area contributed by atoms with Crippen LogP contribution >= 0.6 is 0 Å². The van der Waals surface area contributed by atoms with E-state index in [0.29, 0.717) is 24.6 Å². The van der Waals surface area contributed by atoms with Crippen LogP contribution in [0.5, 0.6) is 0 Å². The zero-order valence-electron chi connectivity index (χ0n) is 17.9. The Balaban J connectivity index is 1.17. The summed E-state index contributed by atoms with van der Waals surface area (Å²) in [6, 6.07) is 5.94. The highest BCUT2D eigenvalue weighted by Crippen LogP contribution is 2.29. The van der Waals surface area contributed by atoms with Crippen LogP contribution in [-0.2, 0) is 22.7 Å². The lowest BCUT2D eigenvalue weighted by Crippen LogP contribution is -2.57. The summed E-state index contributed by atoms with van der Waals surface area (Å²) in [6.07, 6.45) is 3.09. The second kappa shape index (κ2) is 8.33. The molecule has 5 rings (SSSR count). The van der Waals surface area contributed by atoms with Gasteiger partial charge in [0, 0.05) is 50.7 Å². The molecule has 1 aromatic carbocycles. The van der Waals surface area contributed by atoms with Gasteiger partial charge in [0.25, 0.3) is 5.91 Å². The van der Waals surface area contributed by atoms with Crippen molar-refractivity contribution in [2.45, 2.75) is 50.9 Å². The van der Waals surface area contributed by atoms with E-state index in [1.54, 1.807) is 4.90 Å². The van der Waals surface area contributed by atoms with E-state index >= 15 is 0 Å². The Morgan fingerprint density at radius 1 is 1.03 bits per heavy atom. The zero-order valence-corrected chi connectivity index (χ0v) is 17.9. The molecular formula is C23H31N5O3. The highest BCUT2D eigenvalue weighted by atomic mass is 16.2. The maximum atomic E-state index is 13.0. The lowest BCUT2D eigenvalue weighted by molar-refractivity contribution is -0.136. The third kappa shape index (κ3) is 4.24. The minimum absolute atomic E-state index is 0.0992. The van der Waals surface area contributed by atoms with Gasteiger partial charge in [-0.1, -0.05) is 12.1 Å². The maximum absolute atomic E-state index is 13.0. The second-order valence-electron chi connectivity index (χ2n) is 9.59. The Kier molecular flexibility index (Phi) is 5.54. The molecule has 0 bridgehead atoms. The number of rotatable bonds is 5. The predicted molar refractivity (Wildman–Crippen MR) is 115 cm³/mol. The quantitative estimate of drug-likeness (QED) is 0.659. The van der Waals surface area contributed by atoms with Crippen molar-refractivity contribution >= 4 is 17.7 Å². The van der Waals surface area contributed by atoms with Crippen LogP contribution in [0.25, 0.3) is 0 Å². The summed E-state index contributed by atoms with van der Waals surface area (Å²) in [6.45, 7) is 6.70. The van der Waals surface area contributed by atoms with Gasteiger partial charge in [0.1, 0.15) is 6.04 Å². The van der Waals surface area contributed by atoms with Gasteiger partial charge < -0.3 is 10.6 Å². The molecule has 0 aliphatic carbocycles. The molecule has 8 nitrogen and oxygen atoms in total. The average molecular weight is 426 g/mol. The van der Waals surface area contributed by atoms with Crippen molar-refractivity contribution < 1.29 is 14.4 Å². The summed E-state index contributed by atoms with van der Waals surface area (Å²) in [4.78, 5) is 43.2. The van der Waals surface area contributed by atoms with Gasteiger partial charge in [0.2, 0.25) is 11.8 Å². The van der Waals surface area contributed by atoms with E-state index in [1.807, 2.05) is 12.1 Å². The fraction of sp³-hybridized carbons (Fsp3) is 0.609. The molecule has 4 aliphatic rings. The normalized spacial score (nSPS) is 26.2. The zero-order chi connectivity index (χ0) is 21.5. The molecular weight excluding hydrogens is 394 g/mol. The SMILES string of the molecule is NC1CN(CC2CCN(Cc3ccc4c(c3)C(=O)N(C3CCC(=O)NC3=O)C4)CC2)C1. The Morgan fingerprint density at radius 3 is 2.52 bits per heavy atom. The van der Waals surface area contributed by atoms with E-state index in [1.165, 1.54) is 19.4 Å². The van der Waals surface area contributed by atoms with Crippen molar-refractivity contribution in [3.8, 4) is 0 Å². The number of hydrogen-bond donors (Lipinski definition) is 2. The number of amides is 3. The largest absolute Gasteiger partial charge is 0.325 e. The lowest BCUT2D eigenvalue weighted by Gasteiger charge is -2.41. The first-order valence-corrected chi connectivity index (χ1v) is 11.4. The van der Waals surface area contributed by atoms with Crippen molar-refractivity contribution in [1.82, 2.24) is 20.0 Å². The molecule has 1 unspecified atom stereocenters. The standard InChI is InChI=1S/C23H31N5O3/c24-18-13-27(14-18)10-15-5-7-26(8-6-15)11-16-1-2-17-12-28(23(31)19(17)9-16)20-3-4-21(29)25-22(20)30/h1-2,9,15,18,20H,3-8,10-14,24H2,(H,25,29,30). The van der Waals surface area contributed by atoms with Crippen LogP contribution in [0.2, 0.25) is 0 Å². The fourth-order valence-corrected chi connectivity index (χ4v) is 5.41. The Hall–Kier alpha value is -2.29. The molecule has 1 aromatic rings. The van der Waals surface area contributed by atoms with Gasteiger partial charge in [-0.15, -0.1) is 0 Å². The third-order valence-electron chi connectivity index (χ3n) is 7.21. The Morgan fingerprint density at radius 2 is 1.81 bits per heavy atom. The molecule has 3 saturated heterocycles. The molecule has 3 amide bonds. The van der Waals surface area contributed by atoms with Gasteiger partial charge in [-0.25, -0.2) is 0 Å². The van der Waals surface area contributed by atoms with Gasteiger partial charge in [-0.3, -0.25) is 29.5 Å². The van der Waals surface area contributed by atoms with Crippen LogP contribution in [0.3, 0.4) is 0 Å². The van der Waals surface area contributed by atoms with E-state index in [0.717, 1.165) is 49.8 Å². The van der Waals surface area contributed by atoms with E-state index in [2.05, 4.69) is 21.2 Å². The minimum Gasteiger partial charge on any atom is -0.325 e. The van der Waals surface area contributed by atoms with Gasteiger partial charge >= 0.3 is 0 Å². The number of nitrogens with one attached hydrogen (secondary N) is 1. The second-order valence-corrected chi connectivity index (χ2v) is 9.59. The van der Waals surface area contributed by atoms with E-state index in [4.69, 9.17) is 5.73 Å². The molecule has 4 aliphatic heterocycles. The molecule has 0 radical (unpaired) electrons. The van der Waals surface area contributed by atoms with Gasteiger partial charge in [-0.05, 0) is 55.5 Å². The highest BCUT2D eigenvalue weighted by molar-refractivity contribution is 6.05. The maximum Gasteiger partial charge on any atom is 0.255 e. The average Bonchev–Trinajstić information content (AvgIpc) is 3.04. The minimum atomic E-state index is -0.555. The van der Waals surface area contributed by atoms with Crippen LogP contribution in [0, 0.1) is 5.92 Å². The molecule has 31 heavy (non-hydrogen) atoms. The van der Waals surface area contributed by atoms with E-state index < -0.39 is 6.04 Å². The molecule has 8 heteroatoms. The first kappa shape index (κ1) is 20.6. The number of carbonyl (C=O) groups excluding carboxylic acids is 3.